The minimum atomic E-state index is -3.12. The van der Waals surface area contributed by atoms with E-state index >= 15 is 0 Å². The van der Waals surface area contributed by atoms with Gasteiger partial charge in [-0.05, 0) is 7.05 Å². The first-order valence-corrected chi connectivity index (χ1v) is 2.27. The summed E-state index contributed by atoms with van der Waals surface area (Å²) in [5.41, 5.74) is 0. The van der Waals surface area contributed by atoms with E-state index in [0.717, 1.165) is 0 Å². The fourth-order valence-corrected chi connectivity index (χ4v) is 0.533. The first-order chi connectivity index (χ1) is 3.52. The van der Waals surface area contributed by atoms with Gasteiger partial charge in [-0.2, -0.15) is 0 Å². The Labute approximate surface area is 44.9 Å². The van der Waals surface area contributed by atoms with Gasteiger partial charge in [-0.1, -0.05) is 0 Å². The summed E-state index contributed by atoms with van der Waals surface area (Å²) in [6.07, 6.45) is -0.684. The zero-order chi connectivity index (χ0) is 6.41. The molecule has 1 saturated carbocycles. The predicted molar refractivity (Wildman–Crippen MR) is 22.5 cm³/mol. The van der Waals surface area contributed by atoms with Gasteiger partial charge in [0, 0.05) is 0 Å². The van der Waals surface area contributed by atoms with Gasteiger partial charge in [-0.25, -0.2) is 13.2 Å². The molecule has 0 heterocycles. The maximum Gasteiger partial charge on any atom is 0.299 e. The van der Waals surface area contributed by atoms with E-state index < -0.39 is 18.1 Å². The van der Waals surface area contributed by atoms with Crippen molar-refractivity contribution in [2.24, 2.45) is 0 Å². The van der Waals surface area contributed by atoms with E-state index in [2.05, 4.69) is 0 Å². The molecule has 0 bridgehead atoms. The second-order valence-corrected chi connectivity index (χ2v) is 1.93. The van der Waals surface area contributed by atoms with Gasteiger partial charge in [-0.3, -0.25) is 5.32 Å². The van der Waals surface area contributed by atoms with Crippen LogP contribution in [0.4, 0.5) is 13.2 Å². The first-order valence-electron chi connectivity index (χ1n) is 2.27. The molecule has 0 aliphatic heterocycles. The number of nitrogens with one attached hydrogen (secondary N) is 1. The number of alkyl halides is 3. The largest absolute Gasteiger partial charge is 0.299 e. The predicted octanol–water partition coefficient (Wildman–Crippen LogP) is 0.911. The van der Waals surface area contributed by atoms with Gasteiger partial charge in [0.05, 0.1) is 6.42 Å². The molecule has 1 nitrogen and oxygen atoms in total. The molecule has 0 aromatic carbocycles. The van der Waals surface area contributed by atoms with Crippen molar-refractivity contribution in [2.75, 3.05) is 7.05 Å². The highest BCUT2D eigenvalue weighted by atomic mass is 19.3. The molecule has 1 aliphatic rings. The number of rotatable bonds is 1. The van der Waals surface area contributed by atoms with Crippen LogP contribution in [0.25, 0.3) is 0 Å². The molecule has 8 heavy (non-hydrogen) atoms. The summed E-state index contributed by atoms with van der Waals surface area (Å²) in [5, 5.41) is 1.89. The summed E-state index contributed by atoms with van der Waals surface area (Å²) in [4.78, 5) is 0. The van der Waals surface area contributed by atoms with Gasteiger partial charge in [-0.15, -0.1) is 0 Å². The standard InChI is InChI=1S/C4H6F3N/c1-8-4(7)2-3(4,5)6/h8H,2H2,1H3. The molecule has 1 unspecified atom stereocenters. The van der Waals surface area contributed by atoms with Crippen LogP contribution in [0.1, 0.15) is 6.42 Å². The topological polar surface area (TPSA) is 12.0 Å². The third kappa shape index (κ3) is 0.523. The third-order valence-electron chi connectivity index (χ3n) is 1.32. The van der Waals surface area contributed by atoms with Gasteiger partial charge in [0.25, 0.3) is 5.92 Å². The molecular formula is C4H6F3N. The molecule has 48 valence electrons. The fraction of sp³-hybridized carbons (Fsp3) is 1.00. The van der Waals surface area contributed by atoms with Crippen LogP contribution in [-0.4, -0.2) is 18.8 Å². The van der Waals surface area contributed by atoms with E-state index in [4.69, 9.17) is 0 Å². The number of hydrogen-bond acceptors (Lipinski definition) is 1. The van der Waals surface area contributed by atoms with Crippen LogP contribution in [0.5, 0.6) is 0 Å². The van der Waals surface area contributed by atoms with E-state index in [9.17, 15) is 13.2 Å². The van der Waals surface area contributed by atoms with Crippen LogP contribution in [0, 0.1) is 0 Å². The second-order valence-electron chi connectivity index (χ2n) is 1.93. The Morgan fingerprint density at radius 3 is 1.75 bits per heavy atom. The molecule has 0 spiro atoms. The van der Waals surface area contributed by atoms with Crippen LogP contribution >= 0.6 is 0 Å². The lowest BCUT2D eigenvalue weighted by molar-refractivity contribution is 0.0312. The van der Waals surface area contributed by atoms with E-state index in [1.807, 2.05) is 5.32 Å². The van der Waals surface area contributed by atoms with Gasteiger partial charge in [0.1, 0.15) is 0 Å². The molecule has 1 fully saturated rings. The Morgan fingerprint density at radius 1 is 1.38 bits per heavy atom. The second kappa shape index (κ2) is 1.18. The monoisotopic (exact) mass is 125 g/mol. The Balaban J connectivity index is 2.55. The van der Waals surface area contributed by atoms with E-state index in [1.54, 1.807) is 0 Å². The van der Waals surface area contributed by atoms with Crippen molar-refractivity contribution in [1.29, 1.82) is 0 Å². The van der Waals surface area contributed by atoms with Crippen LogP contribution in [0.3, 0.4) is 0 Å². The lowest BCUT2D eigenvalue weighted by Crippen LogP contribution is -2.28. The van der Waals surface area contributed by atoms with E-state index in [0.29, 0.717) is 0 Å². The minimum absolute atomic E-state index is 0.684. The van der Waals surface area contributed by atoms with Crippen molar-refractivity contribution >= 4 is 0 Å². The average Bonchev–Trinajstić information content (AvgIpc) is 2.10. The van der Waals surface area contributed by atoms with Crippen LogP contribution in [0.15, 0.2) is 0 Å². The Hall–Kier alpha value is -0.250. The summed E-state index contributed by atoms with van der Waals surface area (Å²) < 4.78 is 35.6. The molecule has 0 radical (unpaired) electrons. The van der Waals surface area contributed by atoms with Crippen molar-refractivity contribution < 1.29 is 13.2 Å². The summed E-state index contributed by atoms with van der Waals surface area (Å²) in [7, 11) is 1.18. The molecule has 4 heteroatoms. The normalized spacial score (nSPS) is 42.0. The van der Waals surface area contributed by atoms with Gasteiger partial charge in [0.2, 0.25) is 5.79 Å². The zero-order valence-electron chi connectivity index (χ0n) is 4.34. The summed E-state index contributed by atoms with van der Waals surface area (Å²) >= 11 is 0. The van der Waals surface area contributed by atoms with Crippen molar-refractivity contribution in [2.45, 2.75) is 18.1 Å². The first kappa shape index (κ1) is 5.88. The van der Waals surface area contributed by atoms with Crippen LogP contribution < -0.4 is 5.32 Å². The maximum absolute atomic E-state index is 12.1. The fourth-order valence-electron chi connectivity index (χ4n) is 0.533. The highest BCUT2D eigenvalue weighted by Gasteiger charge is 2.72. The van der Waals surface area contributed by atoms with Crippen molar-refractivity contribution in [3.8, 4) is 0 Å². The maximum atomic E-state index is 12.1. The van der Waals surface area contributed by atoms with Gasteiger partial charge < -0.3 is 0 Å². The summed E-state index contributed by atoms with van der Waals surface area (Å²) in [6, 6.07) is 0. The highest BCUT2D eigenvalue weighted by molar-refractivity contribution is 5.09. The molecule has 0 amide bonds. The average molecular weight is 125 g/mol. The van der Waals surface area contributed by atoms with Gasteiger partial charge >= 0.3 is 0 Å². The lowest BCUT2D eigenvalue weighted by Gasteiger charge is -2.00. The Morgan fingerprint density at radius 2 is 1.75 bits per heavy atom. The molecule has 1 atom stereocenters. The molecule has 0 saturated heterocycles. The quantitative estimate of drug-likeness (QED) is 0.513. The van der Waals surface area contributed by atoms with Crippen molar-refractivity contribution in [3.63, 3.8) is 0 Å². The van der Waals surface area contributed by atoms with E-state index in [-0.39, 0.29) is 0 Å². The third-order valence-corrected chi connectivity index (χ3v) is 1.32. The van der Waals surface area contributed by atoms with Crippen LogP contribution in [-0.2, 0) is 0 Å². The summed E-state index contributed by atoms with van der Waals surface area (Å²) in [6.45, 7) is 0. The molecule has 0 aromatic heterocycles. The zero-order valence-corrected chi connectivity index (χ0v) is 4.34. The van der Waals surface area contributed by atoms with Crippen molar-refractivity contribution in [1.82, 2.24) is 5.32 Å². The minimum Gasteiger partial charge on any atom is -0.283 e. The number of hydrogen-bond donors (Lipinski definition) is 1. The SMILES string of the molecule is CNC1(F)CC1(F)F. The molecule has 1 rings (SSSR count). The smallest absolute Gasteiger partial charge is 0.283 e. The number of halogens is 3. The van der Waals surface area contributed by atoms with Gasteiger partial charge in [0.15, 0.2) is 0 Å². The van der Waals surface area contributed by atoms with Crippen LogP contribution in [0.2, 0.25) is 0 Å². The molecule has 1 aliphatic carbocycles. The Bertz CT molecular complexity index is 114. The molecule has 1 N–H and O–H groups in total. The molecule has 0 aromatic rings. The lowest BCUT2D eigenvalue weighted by atomic mass is 10.6. The van der Waals surface area contributed by atoms with Crippen molar-refractivity contribution in [3.05, 3.63) is 0 Å². The highest BCUT2D eigenvalue weighted by Crippen LogP contribution is 2.53. The Kier molecular flexibility index (Phi) is 0.867. The van der Waals surface area contributed by atoms with E-state index in [1.165, 1.54) is 7.05 Å². The summed E-state index contributed by atoms with van der Waals surface area (Å²) in [5.74, 6) is -5.52. The molecular weight excluding hydrogens is 119 g/mol.